The Balaban J connectivity index is 2.23. The summed E-state index contributed by atoms with van der Waals surface area (Å²) in [6.45, 7) is 6.62. The first-order valence-corrected chi connectivity index (χ1v) is 5.80. The molecule has 3 heteroatoms. The van der Waals surface area contributed by atoms with Crippen LogP contribution in [0.2, 0.25) is 0 Å². The fourth-order valence-electron chi connectivity index (χ4n) is 2.50. The van der Waals surface area contributed by atoms with E-state index in [1.54, 1.807) is 0 Å². The van der Waals surface area contributed by atoms with Crippen molar-refractivity contribution in [1.29, 1.82) is 0 Å². The highest BCUT2D eigenvalue weighted by Gasteiger charge is 2.31. The summed E-state index contributed by atoms with van der Waals surface area (Å²) in [5, 5.41) is 3.04. The molecule has 0 aliphatic carbocycles. The van der Waals surface area contributed by atoms with Crippen LogP contribution in [0, 0.1) is 0 Å². The van der Waals surface area contributed by atoms with E-state index in [0.717, 1.165) is 19.4 Å². The summed E-state index contributed by atoms with van der Waals surface area (Å²) in [5.41, 5.74) is 2.57. The van der Waals surface area contributed by atoms with Gasteiger partial charge in [-0.3, -0.25) is 4.79 Å². The Morgan fingerprint density at radius 2 is 2.31 bits per heavy atom. The maximum absolute atomic E-state index is 11.3. The van der Waals surface area contributed by atoms with Gasteiger partial charge in [0.05, 0.1) is 0 Å². The molecule has 1 unspecified atom stereocenters. The predicted octanol–water partition coefficient (Wildman–Crippen LogP) is 1.94. The zero-order chi connectivity index (χ0) is 11.5. The number of carbonyl (C=O) groups excluding carboxylic acids is 1. The maximum atomic E-state index is 11.3. The highest BCUT2D eigenvalue weighted by molar-refractivity contribution is 5.77. The molecule has 2 aliphatic heterocycles. The van der Waals surface area contributed by atoms with E-state index in [9.17, 15) is 4.79 Å². The van der Waals surface area contributed by atoms with Gasteiger partial charge in [-0.05, 0) is 25.3 Å². The van der Waals surface area contributed by atoms with Crippen LogP contribution in [-0.2, 0) is 4.79 Å². The van der Waals surface area contributed by atoms with Crippen LogP contribution in [0.5, 0.6) is 0 Å². The molecule has 0 aromatic heterocycles. The van der Waals surface area contributed by atoms with Gasteiger partial charge < -0.3 is 10.2 Å². The number of amides is 1. The Kier molecular flexibility index (Phi) is 3.13. The van der Waals surface area contributed by atoms with Crippen LogP contribution < -0.4 is 5.32 Å². The van der Waals surface area contributed by atoms with Gasteiger partial charge in [0.15, 0.2) is 0 Å². The van der Waals surface area contributed by atoms with Gasteiger partial charge in [0.2, 0.25) is 5.91 Å². The maximum Gasteiger partial charge on any atom is 0.223 e. The molecule has 2 fully saturated rings. The molecule has 2 saturated heterocycles. The van der Waals surface area contributed by atoms with E-state index in [1.165, 1.54) is 11.3 Å². The summed E-state index contributed by atoms with van der Waals surface area (Å²) >= 11 is 0. The minimum atomic E-state index is 0.174. The number of nitrogens with one attached hydrogen (secondary N) is 1. The zero-order valence-electron chi connectivity index (χ0n) is 9.70. The van der Waals surface area contributed by atoms with Crippen LogP contribution >= 0.6 is 0 Å². The van der Waals surface area contributed by atoms with Crippen LogP contribution in [0.25, 0.3) is 0 Å². The molecule has 1 N–H and O–H groups in total. The number of hydrogen-bond donors (Lipinski definition) is 1. The molecule has 0 spiro atoms. The molecule has 0 aromatic rings. The minimum Gasteiger partial charge on any atom is -0.351 e. The zero-order valence-corrected chi connectivity index (χ0v) is 9.70. The van der Waals surface area contributed by atoms with Crippen molar-refractivity contribution in [1.82, 2.24) is 10.2 Å². The van der Waals surface area contributed by atoms with Crippen LogP contribution in [-0.4, -0.2) is 23.5 Å². The smallest absolute Gasteiger partial charge is 0.223 e. The monoisotopic (exact) mass is 218 g/mol. The van der Waals surface area contributed by atoms with Crippen molar-refractivity contribution in [2.45, 2.75) is 32.4 Å². The van der Waals surface area contributed by atoms with Crippen molar-refractivity contribution >= 4 is 5.91 Å². The van der Waals surface area contributed by atoms with Crippen molar-refractivity contribution in [3.8, 4) is 0 Å². The molecule has 0 bridgehead atoms. The van der Waals surface area contributed by atoms with Gasteiger partial charge in [-0.1, -0.05) is 24.8 Å². The number of carbonyl (C=O) groups is 1. The fraction of sp³-hybridized carbons (Fsp3) is 0.462. The third kappa shape index (κ3) is 1.90. The molecule has 1 amide bonds. The van der Waals surface area contributed by atoms with Crippen LogP contribution in [0.3, 0.4) is 0 Å². The highest BCUT2D eigenvalue weighted by atomic mass is 16.2. The molecule has 86 valence electrons. The molecule has 0 aromatic carbocycles. The third-order valence-electron chi connectivity index (χ3n) is 3.20. The molecule has 0 saturated carbocycles. The molecule has 1 atom stereocenters. The minimum absolute atomic E-state index is 0.174. The van der Waals surface area contributed by atoms with Gasteiger partial charge in [-0.25, -0.2) is 0 Å². The lowest BCUT2D eigenvalue weighted by Crippen LogP contribution is -2.55. The molecule has 2 heterocycles. The first-order chi connectivity index (χ1) is 7.76. The van der Waals surface area contributed by atoms with E-state index < -0.39 is 0 Å². The predicted molar refractivity (Wildman–Crippen MR) is 64.5 cm³/mol. The first-order valence-electron chi connectivity index (χ1n) is 5.80. The summed E-state index contributed by atoms with van der Waals surface area (Å²) in [6.07, 6.45) is 8.81. The van der Waals surface area contributed by atoms with Crippen LogP contribution in [0.4, 0.5) is 0 Å². The van der Waals surface area contributed by atoms with Crippen LogP contribution in [0.1, 0.15) is 26.2 Å². The molecule has 2 aliphatic rings. The lowest BCUT2D eigenvalue weighted by Gasteiger charge is -2.43. The van der Waals surface area contributed by atoms with Gasteiger partial charge in [-0.15, -0.1) is 0 Å². The highest BCUT2D eigenvalue weighted by Crippen LogP contribution is 2.31. The summed E-state index contributed by atoms with van der Waals surface area (Å²) < 4.78 is 0. The first kappa shape index (κ1) is 11.0. The van der Waals surface area contributed by atoms with Crippen molar-refractivity contribution in [2.75, 3.05) is 6.54 Å². The Morgan fingerprint density at radius 3 is 3.00 bits per heavy atom. The van der Waals surface area contributed by atoms with Gasteiger partial charge in [0, 0.05) is 18.7 Å². The number of hydrogen-bond acceptors (Lipinski definition) is 2. The molecule has 3 nitrogen and oxygen atoms in total. The average molecular weight is 218 g/mol. The number of piperidine rings is 1. The quantitative estimate of drug-likeness (QED) is 0.729. The van der Waals surface area contributed by atoms with E-state index in [2.05, 4.69) is 28.9 Å². The Morgan fingerprint density at radius 1 is 1.50 bits per heavy atom. The number of nitrogens with zero attached hydrogens (tertiary/aromatic N) is 1. The summed E-state index contributed by atoms with van der Waals surface area (Å²) in [6, 6.07) is 0. The van der Waals surface area contributed by atoms with E-state index in [4.69, 9.17) is 0 Å². The third-order valence-corrected chi connectivity index (χ3v) is 3.20. The van der Waals surface area contributed by atoms with E-state index in [1.807, 2.05) is 13.0 Å². The number of fused-ring (bicyclic) bond motifs is 1. The average Bonchev–Trinajstić information content (AvgIpc) is 2.29. The van der Waals surface area contributed by atoms with Gasteiger partial charge in [0.1, 0.15) is 6.17 Å². The molecule has 0 radical (unpaired) electrons. The van der Waals surface area contributed by atoms with Crippen molar-refractivity contribution < 1.29 is 4.79 Å². The second-order valence-electron chi connectivity index (χ2n) is 4.17. The van der Waals surface area contributed by atoms with Crippen molar-refractivity contribution in [3.63, 3.8) is 0 Å². The van der Waals surface area contributed by atoms with Crippen molar-refractivity contribution in [3.05, 3.63) is 36.1 Å². The second kappa shape index (κ2) is 4.56. The van der Waals surface area contributed by atoms with Gasteiger partial charge in [0.25, 0.3) is 0 Å². The molecular weight excluding hydrogens is 200 g/mol. The number of allylic oxidation sites excluding steroid dienone is 4. The Bertz CT molecular complexity index is 368. The van der Waals surface area contributed by atoms with E-state index in [-0.39, 0.29) is 12.1 Å². The lowest BCUT2D eigenvalue weighted by molar-refractivity contribution is -0.126. The molecular formula is C13H18N2O. The van der Waals surface area contributed by atoms with Gasteiger partial charge >= 0.3 is 0 Å². The van der Waals surface area contributed by atoms with Crippen molar-refractivity contribution in [2.24, 2.45) is 0 Å². The summed E-state index contributed by atoms with van der Waals surface area (Å²) in [5.74, 6) is 0.174. The largest absolute Gasteiger partial charge is 0.351 e. The van der Waals surface area contributed by atoms with E-state index >= 15 is 0 Å². The second-order valence-corrected chi connectivity index (χ2v) is 4.17. The Hall–Kier alpha value is -1.51. The van der Waals surface area contributed by atoms with Crippen LogP contribution in [0.15, 0.2) is 36.1 Å². The topological polar surface area (TPSA) is 32.3 Å². The molecule has 16 heavy (non-hydrogen) atoms. The summed E-state index contributed by atoms with van der Waals surface area (Å²) in [4.78, 5) is 13.6. The SMILES string of the molecule is C=C/C=C1/CCC2NC(=O)CCN2/C1=C/C. The fourth-order valence-corrected chi connectivity index (χ4v) is 2.50. The van der Waals surface area contributed by atoms with E-state index in [0.29, 0.717) is 6.42 Å². The number of rotatable bonds is 1. The standard InChI is InChI=1S/C13H18N2O/c1-3-5-10-6-7-12-14-13(16)8-9-15(12)11(10)4-2/h3-5,12H,1,6-9H2,2H3,(H,14,16)/b10-5-,11-4+. The summed E-state index contributed by atoms with van der Waals surface area (Å²) in [7, 11) is 0. The van der Waals surface area contributed by atoms with Gasteiger partial charge in [-0.2, -0.15) is 0 Å². The normalized spacial score (nSPS) is 30.2. The molecule has 2 rings (SSSR count). The lowest BCUT2D eigenvalue weighted by atomic mass is 9.95. The Labute approximate surface area is 96.5 Å².